The summed E-state index contributed by atoms with van der Waals surface area (Å²) >= 11 is 0. The van der Waals surface area contributed by atoms with Gasteiger partial charge < -0.3 is 10.1 Å². The van der Waals surface area contributed by atoms with Gasteiger partial charge in [-0.2, -0.15) is 0 Å². The number of nitrogens with zero attached hydrogens (tertiary/aromatic N) is 1. The van der Waals surface area contributed by atoms with E-state index in [1.165, 1.54) is 50.5 Å². The van der Waals surface area contributed by atoms with E-state index in [0.29, 0.717) is 5.75 Å². The number of carbonyl (C=O) groups excluding carboxylic acids is 1. The molecule has 1 N–H and O–H groups in total. The average molecular weight is 380 g/mol. The van der Waals surface area contributed by atoms with Crippen LogP contribution in [0.15, 0.2) is 53.4 Å². The molecule has 2 aromatic carbocycles. The highest BCUT2D eigenvalue weighted by Crippen LogP contribution is 2.18. The molecule has 0 radical (unpaired) electrons. The molecule has 1 amide bonds. The Bertz CT molecular complexity index is 850. The minimum Gasteiger partial charge on any atom is -0.484 e. The van der Waals surface area contributed by atoms with Crippen molar-refractivity contribution in [2.24, 2.45) is 0 Å². The van der Waals surface area contributed by atoms with Gasteiger partial charge in [-0.25, -0.2) is 17.1 Å². The van der Waals surface area contributed by atoms with Crippen LogP contribution in [0.2, 0.25) is 0 Å². The molecule has 0 aliphatic heterocycles. The molecular weight excluding hydrogens is 359 g/mol. The fourth-order valence-corrected chi connectivity index (χ4v) is 3.09. The van der Waals surface area contributed by atoms with Gasteiger partial charge in [0.2, 0.25) is 10.0 Å². The largest absolute Gasteiger partial charge is 0.484 e. The van der Waals surface area contributed by atoms with Gasteiger partial charge in [0.1, 0.15) is 11.6 Å². The number of amides is 1. The van der Waals surface area contributed by atoms with Crippen molar-refractivity contribution >= 4 is 15.9 Å². The molecule has 0 bridgehead atoms. The number of nitrogens with one attached hydrogen (secondary N) is 1. The molecule has 2 rings (SSSR count). The number of sulfonamides is 1. The molecule has 1 atom stereocenters. The summed E-state index contributed by atoms with van der Waals surface area (Å²) in [6, 6.07) is 11.4. The normalized spacial score (nSPS) is 12.7. The Morgan fingerprint density at radius 3 is 2.23 bits per heavy atom. The Balaban J connectivity index is 1.90. The van der Waals surface area contributed by atoms with E-state index in [1.807, 2.05) is 0 Å². The van der Waals surface area contributed by atoms with Gasteiger partial charge in [-0.05, 0) is 48.9 Å². The minimum absolute atomic E-state index is 0.143. The Morgan fingerprint density at radius 1 is 1.12 bits per heavy atom. The monoisotopic (exact) mass is 380 g/mol. The number of ether oxygens (including phenoxy) is 1. The molecule has 6 nitrogen and oxygen atoms in total. The van der Waals surface area contributed by atoms with E-state index >= 15 is 0 Å². The number of rotatable bonds is 7. The van der Waals surface area contributed by atoms with E-state index in [0.717, 1.165) is 9.87 Å². The van der Waals surface area contributed by atoms with Crippen LogP contribution in [0.3, 0.4) is 0 Å². The quantitative estimate of drug-likeness (QED) is 0.800. The number of benzene rings is 2. The van der Waals surface area contributed by atoms with Crippen LogP contribution in [0.25, 0.3) is 0 Å². The van der Waals surface area contributed by atoms with E-state index in [2.05, 4.69) is 5.32 Å². The lowest BCUT2D eigenvalue weighted by Crippen LogP contribution is -2.31. The maximum Gasteiger partial charge on any atom is 0.258 e. The fourth-order valence-electron chi connectivity index (χ4n) is 2.19. The third kappa shape index (κ3) is 5.03. The molecule has 8 heteroatoms. The van der Waals surface area contributed by atoms with Gasteiger partial charge in [-0.15, -0.1) is 0 Å². The van der Waals surface area contributed by atoms with Gasteiger partial charge in [-0.1, -0.05) is 12.1 Å². The number of carbonyl (C=O) groups is 1. The van der Waals surface area contributed by atoms with Crippen LogP contribution in [0, 0.1) is 5.82 Å². The molecule has 0 saturated carbocycles. The Kier molecular flexibility index (Phi) is 6.33. The number of hydrogen-bond acceptors (Lipinski definition) is 4. The van der Waals surface area contributed by atoms with Gasteiger partial charge in [0.25, 0.3) is 5.91 Å². The molecule has 0 heterocycles. The summed E-state index contributed by atoms with van der Waals surface area (Å²) < 4.78 is 43.4. The van der Waals surface area contributed by atoms with Gasteiger partial charge in [0.15, 0.2) is 6.61 Å². The van der Waals surface area contributed by atoms with Crippen molar-refractivity contribution in [2.75, 3.05) is 20.7 Å². The maximum absolute atomic E-state index is 12.9. The van der Waals surface area contributed by atoms with Crippen molar-refractivity contribution in [2.45, 2.75) is 17.9 Å². The lowest BCUT2D eigenvalue weighted by atomic mass is 10.1. The molecule has 0 fully saturated rings. The van der Waals surface area contributed by atoms with E-state index in [9.17, 15) is 17.6 Å². The smallest absolute Gasteiger partial charge is 0.258 e. The highest BCUT2D eigenvalue weighted by molar-refractivity contribution is 7.89. The zero-order valence-corrected chi connectivity index (χ0v) is 15.6. The topological polar surface area (TPSA) is 75.7 Å². The molecule has 0 aliphatic carbocycles. The summed E-state index contributed by atoms with van der Waals surface area (Å²) in [5.41, 5.74) is 0.776. The lowest BCUT2D eigenvalue weighted by molar-refractivity contribution is -0.123. The summed E-state index contributed by atoms with van der Waals surface area (Å²) in [4.78, 5) is 12.1. The molecule has 0 unspecified atom stereocenters. The van der Waals surface area contributed by atoms with E-state index < -0.39 is 10.0 Å². The number of hydrogen-bond donors (Lipinski definition) is 1. The maximum atomic E-state index is 12.9. The van der Waals surface area contributed by atoms with Crippen molar-refractivity contribution in [3.63, 3.8) is 0 Å². The first-order valence-electron chi connectivity index (χ1n) is 7.90. The second-order valence-corrected chi connectivity index (χ2v) is 8.04. The molecule has 2 aromatic rings. The van der Waals surface area contributed by atoms with Gasteiger partial charge in [0.05, 0.1) is 10.9 Å². The molecule has 0 saturated heterocycles. The predicted octanol–water partition coefficient (Wildman–Crippen LogP) is 2.33. The number of halogens is 1. The van der Waals surface area contributed by atoms with Crippen LogP contribution in [-0.2, 0) is 14.8 Å². The van der Waals surface area contributed by atoms with Crippen LogP contribution in [-0.4, -0.2) is 39.3 Å². The fraction of sp³-hybridized carbons (Fsp3) is 0.278. The third-order valence-corrected chi connectivity index (χ3v) is 5.55. The van der Waals surface area contributed by atoms with E-state index in [-0.39, 0.29) is 29.3 Å². The molecule has 140 valence electrons. The van der Waals surface area contributed by atoms with Crippen LogP contribution in [0.4, 0.5) is 4.39 Å². The first kappa shape index (κ1) is 19.9. The van der Waals surface area contributed by atoms with Crippen LogP contribution in [0.5, 0.6) is 5.75 Å². The first-order chi connectivity index (χ1) is 12.2. The van der Waals surface area contributed by atoms with E-state index in [4.69, 9.17) is 4.74 Å². The standard InChI is InChI=1S/C18H21FN2O4S/c1-13(14-4-6-15(19)7-5-14)20-18(22)12-25-16-8-10-17(11-9-16)26(23,24)21(2)3/h4-11,13H,12H2,1-3H3,(H,20,22)/t13-/m0/s1. The zero-order valence-electron chi connectivity index (χ0n) is 14.8. The molecule has 0 spiro atoms. The lowest BCUT2D eigenvalue weighted by Gasteiger charge is -2.15. The van der Waals surface area contributed by atoms with Gasteiger partial charge in [0, 0.05) is 14.1 Å². The zero-order chi connectivity index (χ0) is 19.3. The highest BCUT2D eigenvalue weighted by atomic mass is 32.2. The van der Waals surface area contributed by atoms with Crippen molar-refractivity contribution in [3.8, 4) is 5.75 Å². The Morgan fingerprint density at radius 2 is 1.69 bits per heavy atom. The molecule has 0 aromatic heterocycles. The van der Waals surface area contributed by atoms with Crippen LogP contribution in [0.1, 0.15) is 18.5 Å². The molecular formula is C18H21FN2O4S. The predicted molar refractivity (Wildman–Crippen MR) is 95.8 cm³/mol. The van der Waals surface area contributed by atoms with Crippen LogP contribution >= 0.6 is 0 Å². The summed E-state index contributed by atoms with van der Waals surface area (Å²) in [5, 5.41) is 2.75. The summed E-state index contributed by atoms with van der Waals surface area (Å²) in [5.74, 6) is -0.297. The van der Waals surface area contributed by atoms with Crippen molar-refractivity contribution in [1.29, 1.82) is 0 Å². The second kappa shape index (κ2) is 8.29. The van der Waals surface area contributed by atoms with Gasteiger partial charge >= 0.3 is 0 Å². The Labute approximate surface area is 152 Å². The van der Waals surface area contributed by atoms with E-state index in [1.54, 1.807) is 19.1 Å². The van der Waals surface area contributed by atoms with Gasteiger partial charge in [-0.3, -0.25) is 4.79 Å². The van der Waals surface area contributed by atoms with Crippen molar-refractivity contribution < 1.29 is 22.3 Å². The average Bonchev–Trinajstić information content (AvgIpc) is 2.60. The van der Waals surface area contributed by atoms with Crippen molar-refractivity contribution in [1.82, 2.24) is 9.62 Å². The SMILES string of the molecule is C[C@H](NC(=O)COc1ccc(S(=O)(=O)N(C)C)cc1)c1ccc(F)cc1. The van der Waals surface area contributed by atoms with Crippen LogP contribution < -0.4 is 10.1 Å². The summed E-state index contributed by atoms with van der Waals surface area (Å²) in [7, 11) is -0.601. The van der Waals surface area contributed by atoms with Crippen molar-refractivity contribution in [3.05, 3.63) is 59.9 Å². The third-order valence-electron chi connectivity index (χ3n) is 3.72. The highest BCUT2D eigenvalue weighted by Gasteiger charge is 2.17. The molecule has 26 heavy (non-hydrogen) atoms. The Hall–Kier alpha value is -2.45. The summed E-state index contributed by atoms with van der Waals surface area (Å²) in [6.07, 6.45) is 0. The first-order valence-corrected chi connectivity index (χ1v) is 9.34. The second-order valence-electron chi connectivity index (χ2n) is 5.89. The summed E-state index contributed by atoms with van der Waals surface area (Å²) in [6.45, 7) is 1.57. The molecule has 0 aliphatic rings. The minimum atomic E-state index is -3.50.